The Morgan fingerprint density at radius 1 is 1.40 bits per heavy atom. The molecule has 0 radical (unpaired) electrons. The molecule has 1 aromatic carbocycles. The Morgan fingerprint density at radius 3 is 2.93 bits per heavy atom. The van der Waals surface area contributed by atoms with E-state index in [0.717, 1.165) is 25.5 Å². The van der Waals surface area contributed by atoms with Gasteiger partial charge in [-0.15, -0.1) is 0 Å². The van der Waals surface area contributed by atoms with Gasteiger partial charge in [0.05, 0.1) is 6.54 Å². The standard InChI is InChI=1S/C12H17N3/c1-15(2)9-10-4-3-5-11(8-10)12-13-6-7-14-12/h3-5,8H,6-7,9H2,1-2H3,(H,13,14). The first-order valence-electron chi connectivity index (χ1n) is 5.28. The molecule has 0 saturated heterocycles. The Balaban J connectivity index is 2.18. The van der Waals surface area contributed by atoms with Gasteiger partial charge in [0, 0.05) is 18.7 Å². The van der Waals surface area contributed by atoms with Gasteiger partial charge in [-0.3, -0.25) is 4.99 Å². The van der Waals surface area contributed by atoms with Gasteiger partial charge in [0.25, 0.3) is 0 Å². The Labute approximate surface area is 90.8 Å². The molecular weight excluding hydrogens is 186 g/mol. The lowest BCUT2D eigenvalue weighted by Crippen LogP contribution is -2.20. The lowest BCUT2D eigenvalue weighted by molar-refractivity contribution is 0.402. The van der Waals surface area contributed by atoms with Crippen molar-refractivity contribution in [2.24, 2.45) is 4.99 Å². The van der Waals surface area contributed by atoms with Crippen molar-refractivity contribution in [2.45, 2.75) is 6.54 Å². The van der Waals surface area contributed by atoms with E-state index in [1.165, 1.54) is 11.1 Å². The molecule has 1 aliphatic rings. The van der Waals surface area contributed by atoms with Gasteiger partial charge in [0.15, 0.2) is 0 Å². The van der Waals surface area contributed by atoms with Crippen LogP contribution in [0.15, 0.2) is 29.3 Å². The summed E-state index contributed by atoms with van der Waals surface area (Å²) in [4.78, 5) is 6.59. The average molecular weight is 203 g/mol. The first-order chi connectivity index (χ1) is 7.25. The molecule has 1 aliphatic heterocycles. The molecule has 0 unspecified atom stereocenters. The summed E-state index contributed by atoms with van der Waals surface area (Å²) in [5, 5.41) is 3.29. The number of hydrogen-bond donors (Lipinski definition) is 1. The summed E-state index contributed by atoms with van der Waals surface area (Å²) in [5.74, 6) is 1.04. The van der Waals surface area contributed by atoms with Crippen LogP contribution in [-0.4, -0.2) is 37.9 Å². The average Bonchev–Trinajstić information content (AvgIpc) is 2.69. The normalized spacial score (nSPS) is 15.3. The highest BCUT2D eigenvalue weighted by Gasteiger charge is 2.07. The van der Waals surface area contributed by atoms with Crippen LogP contribution in [0.4, 0.5) is 0 Å². The molecule has 0 aromatic heterocycles. The fourth-order valence-electron chi connectivity index (χ4n) is 1.77. The number of rotatable bonds is 3. The smallest absolute Gasteiger partial charge is 0.128 e. The number of hydrogen-bond acceptors (Lipinski definition) is 3. The van der Waals surface area contributed by atoms with E-state index < -0.39 is 0 Å². The zero-order valence-corrected chi connectivity index (χ0v) is 9.33. The van der Waals surface area contributed by atoms with Crippen LogP contribution >= 0.6 is 0 Å². The van der Waals surface area contributed by atoms with Crippen molar-refractivity contribution in [3.8, 4) is 0 Å². The second-order valence-corrected chi connectivity index (χ2v) is 4.10. The Kier molecular flexibility index (Phi) is 3.02. The van der Waals surface area contributed by atoms with Crippen LogP contribution in [0.2, 0.25) is 0 Å². The molecule has 15 heavy (non-hydrogen) atoms. The minimum atomic E-state index is 0.896. The fraction of sp³-hybridized carbons (Fsp3) is 0.417. The van der Waals surface area contributed by atoms with Crippen molar-refractivity contribution in [1.82, 2.24) is 10.2 Å². The zero-order chi connectivity index (χ0) is 10.7. The molecule has 1 N–H and O–H groups in total. The fourth-order valence-corrected chi connectivity index (χ4v) is 1.77. The van der Waals surface area contributed by atoms with E-state index >= 15 is 0 Å². The van der Waals surface area contributed by atoms with E-state index in [2.05, 4.69) is 53.6 Å². The number of nitrogens with one attached hydrogen (secondary N) is 1. The highest BCUT2D eigenvalue weighted by atomic mass is 15.1. The van der Waals surface area contributed by atoms with E-state index in [1.807, 2.05) is 0 Å². The monoisotopic (exact) mass is 203 g/mol. The van der Waals surface area contributed by atoms with Crippen LogP contribution in [0.5, 0.6) is 0 Å². The van der Waals surface area contributed by atoms with Gasteiger partial charge in [-0.05, 0) is 25.7 Å². The van der Waals surface area contributed by atoms with E-state index in [4.69, 9.17) is 0 Å². The van der Waals surface area contributed by atoms with Crippen molar-refractivity contribution < 1.29 is 0 Å². The van der Waals surface area contributed by atoms with Crippen molar-refractivity contribution in [3.63, 3.8) is 0 Å². The third kappa shape index (κ3) is 2.57. The molecular formula is C12H17N3. The maximum atomic E-state index is 4.42. The topological polar surface area (TPSA) is 27.6 Å². The molecule has 2 rings (SSSR count). The van der Waals surface area contributed by atoms with Gasteiger partial charge in [-0.1, -0.05) is 18.2 Å². The SMILES string of the molecule is CN(C)Cc1cccc(C2=NCCN2)c1. The minimum absolute atomic E-state index is 0.896. The summed E-state index contributed by atoms with van der Waals surface area (Å²) in [6.45, 7) is 2.83. The molecule has 0 saturated carbocycles. The Hall–Kier alpha value is -1.35. The molecule has 1 aromatic rings. The van der Waals surface area contributed by atoms with Crippen molar-refractivity contribution in [1.29, 1.82) is 0 Å². The van der Waals surface area contributed by atoms with Crippen LogP contribution in [0.3, 0.4) is 0 Å². The van der Waals surface area contributed by atoms with Gasteiger partial charge in [-0.25, -0.2) is 0 Å². The molecule has 0 bridgehead atoms. The molecule has 0 aliphatic carbocycles. The highest BCUT2D eigenvalue weighted by molar-refractivity contribution is 5.99. The molecule has 80 valence electrons. The van der Waals surface area contributed by atoms with E-state index in [-0.39, 0.29) is 0 Å². The summed E-state index contributed by atoms with van der Waals surface area (Å²) in [7, 11) is 4.16. The predicted octanol–water partition coefficient (Wildman–Crippen LogP) is 1.10. The van der Waals surface area contributed by atoms with Gasteiger partial charge < -0.3 is 10.2 Å². The molecule has 0 fully saturated rings. The lowest BCUT2D eigenvalue weighted by Gasteiger charge is -2.10. The van der Waals surface area contributed by atoms with Crippen LogP contribution in [0.1, 0.15) is 11.1 Å². The van der Waals surface area contributed by atoms with Gasteiger partial charge in [0.2, 0.25) is 0 Å². The molecule has 1 heterocycles. The minimum Gasteiger partial charge on any atom is -0.368 e. The van der Waals surface area contributed by atoms with Crippen LogP contribution in [0.25, 0.3) is 0 Å². The van der Waals surface area contributed by atoms with E-state index in [1.54, 1.807) is 0 Å². The summed E-state index contributed by atoms with van der Waals surface area (Å²) >= 11 is 0. The van der Waals surface area contributed by atoms with Crippen molar-refractivity contribution in [2.75, 3.05) is 27.2 Å². The van der Waals surface area contributed by atoms with E-state index in [0.29, 0.717) is 0 Å². The molecule has 3 heteroatoms. The number of benzene rings is 1. The summed E-state index contributed by atoms with van der Waals surface area (Å²) in [6, 6.07) is 8.56. The first kappa shape index (κ1) is 10.2. The predicted molar refractivity (Wildman–Crippen MR) is 63.2 cm³/mol. The van der Waals surface area contributed by atoms with Gasteiger partial charge in [-0.2, -0.15) is 0 Å². The van der Waals surface area contributed by atoms with Crippen molar-refractivity contribution >= 4 is 5.84 Å². The Morgan fingerprint density at radius 2 is 2.27 bits per heavy atom. The molecule has 0 spiro atoms. The molecule has 0 amide bonds. The quantitative estimate of drug-likeness (QED) is 0.796. The maximum Gasteiger partial charge on any atom is 0.128 e. The third-order valence-corrected chi connectivity index (χ3v) is 2.37. The van der Waals surface area contributed by atoms with Gasteiger partial charge in [0.1, 0.15) is 5.84 Å². The summed E-state index contributed by atoms with van der Waals surface area (Å²) in [5.41, 5.74) is 2.53. The van der Waals surface area contributed by atoms with Crippen molar-refractivity contribution in [3.05, 3.63) is 35.4 Å². The number of aliphatic imine (C=N–C) groups is 1. The highest BCUT2D eigenvalue weighted by Crippen LogP contribution is 2.08. The number of amidine groups is 1. The lowest BCUT2D eigenvalue weighted by atomic mass is 10.1. The maximum absolute atomic E-state index is 4.42. The van der Waals surface area contributed by atoms with Gasteiger partial charge >= 0.3 is 0 Å². The largest absolute Gasteiger partial charge is 0.368 e. The van der Waals surface area contributed by atoms with E-state index in [9.17, 15) is 0 Å². The third-order valence-electron chi connectivity index (χ3n) is 2.37. The summed E-state index contributed by atoms with van der Waals surface area (Å²) in [6.07, 6.45) is 0. The van der Waals surface area contributed by atoms with Crippen LogP contribution < -0.4 is 5.32 Å². The van der Waals surface area contributed by atoms with Crippen LogP contribution in [-0.2, 0) is 6.54 Å². The second-order valence-electron chi connectivity index (χ2n) is 4.10. The zero-order valence-electron chi connectivity index (χ0n) is 9.33. The molecule has 3 nitrogen and oxygen atoms in total. The molecule has 0 atom stereocenters. The van der Waals surface area contributed by atoms with Crippen LogP contribution in [0, 0.1) is 0 Å². The number of nitrogens with zero attached hydrogens (tertiary/aromatic N) is 2. The second kappa shape index (κ2) is 4.45. The Bertz CT molecular complexity index is 369. The first-order valence-corrected chi connectivity index (χ1v) is 5.28. The summed E-state index contributed by atoms with van der Waals surface area (Å²) < 4.78 is 0.